The van der Waals surface area contributed by atoms with E-state index in [0.29, 0.717) is 12.5 Å². The highest BCUT2D eigenvalue weighted by atomic mass is 16.5. The van der Waals surface area contributed by atoms with Crippen LogP contribution in [-0.4, -0.2) is 38.8 Å². The molecular formula is C12H24N2O2. The van der Waals surface area contributed by atoms with Gasteiger partial charge in [-0.3, -0.25) is 4.79 Å². The monoisotopic (exact) mass is 228 g/mol. The predicted octanol–water partition coefficient (Wildman–Crippen LogP) is 0.773. The summed E-state index contributed by atoms with van der Waals surface area (Å²) in [6, 6.07) is 0. The van der Waals surface area contributed by atoms with Gasteiger partial charge in [0.15, 0.2) is 0 Å². The molecule has 0 aliphatic carbocycles. The van der Waals surface area contributed by atoms with Crippen LogP contribution in [0.4, 0.5) is 0 Å². The van der Waals surface area contributed by atoms with Crippen molar-refractivity contribution in [1.29, 1.82) is 0 Å². The van der Waals surface area contributed by atoms with Crippen molar-refractivity contribution < 1.29 is 9.53 Å². The van der Waals surface area contributed by atoms with Crippen molar-refractivity contribution in [2.45, 2.75) is 33.3 Å². The summed E-state index contributed by atoms with van der Waals surface area (Å²) in [4.78, 5) is 12.2. The number of hydrogen-bond donors (Lipinski definition) is 2. The molecule has 0 saturated carbocycles. The maximum Gasteiger partial charge on any atom is 0.227 e. The molecule has 0 radical (unpaired) electrons. The lowest BCUT2D eigenvalue weighted by Gasteiger charge is -2.31. The summed E-state index contributed by atoms with van der Waals surface area (Å²) in [6.45, 7) is 8.50. The minimum Gasteiger partial charge on any atom is -0.380 e. The van der Waals surface area contributed by atoms with E-state index in [1.54, 1.807) is 7.11 Å². The Morgan fingerprint density at radius 2 is 2.19 bits per heavy atom. The molecule has 4 nitrogen and oxygen atoms in total. The average molecular weight is 228 g/mol. The predicted molar refractivity (Wildman–Crippen MR) is 64.2 cm³/mol. The van der Waals surface area contributed by atoms with Gasteiger partial charge < -0.3 is 15.4 Å². The van der Waals surface area contributed by atoms with Crippen molar-refractivity contribution in [3.8, 4) is 0 Å². The average Bonchev–Trinajstić information content (AvgIpc) is 2.75. The zero-order chi connectivity index (χ0) is 12.2. The summed E-state index contributed by atoms with van der Waals surface area (Å²) in [5.74, 6) is 0.525. The summed E-state index contributed by atoms with van der Waals surface area (Å²) in [7, 11) is 1.66. The third kappa shape index (κ3) is 2.74. The van der Waals surface area contributed by atoms with E-state index in [0.717, 1.165) is 19.5 Å². The van der Waals surface area contributed by atoms with Crippen LogP contribution in [0.3, 0.4) is 0 Å². The number of carbonyl (C=O) groups is 1. The highest BCUT2D eigenvalue weighted by Gasteiger charge is 2.43. The van der Waals surface area contributed by atoms with Crippen molar-refractivity contribution >= 4 is 5.91 Å². The molecule has 1 heterocycles. The zero-order valence-electron chi connectivity index (χ0n) is 10.8. The summed E-state index contributed by atoms with van der Waals surface area (Å²) in [5, 5.41) is 6.28. The van der Waals surface area contributed by atoms with Crippen LogP contribution in [0.1, 0.15) is 27.2 Å². The van der Waals surface area contributed by atoms with Crippen LogP contribution in [0.5, 0.6) is 0 Å². The van der Waals surface area contributed by atoms with E-state index in [-0.39, 0.29) is 17.4 Å². The van der Waals surface area contributed by atoms with Crippen LogP contribution in [0.2, 0.25) is 0 Å². The van der Waals surface area contributed by atoms with Gasteiger partial charge >= 0.3 is 0 Å². The first kappa shape index (κ1) is 13.5. The normalized spacial score (nSPS) is 27.1. The van der Waals surface area contributed by atoms with Crippen LogP contribution in [0.15, 0.2) is 0 Å². The lowest BCUT2D eigenvalue weighted by Crippen LogP contribution is -2.47. The fourth-order valence-corrected chi connectivity index (χ4v) is 2.16. The van der Waals surface area contributed by atoms with Gasteiger partial charge in [-0.15, -0.1) is 0 Å². The Labute approximate surface area is 98.1 Å². The molecule has 2 N–H and O–H groups in total. The molecule has 0 aromatic carbocycles. The molecule has 0 aromatic rings. The van der Waals surface area contributed by atoms with Gasteiger partial charge in [-0.1, -0.05) is 13.8 Å². The third-order valence-corrected chi connectivity index (χ3v) is 3.70. The van der Waals surface area contributed by atoms with Crippen molar-refractivity contribution in [2.75, 3.05) is 26.7 Å². The van der Waals surface area contributed by atoms with Gasteiger partial charge in [0.05, 0.1) is 11.5 Å². The highest BCUT2D eigenvalue weighted by Crippen LogP contribution is 2.34. The molecule has 2 atom stereocenters. The first-order valence-electron chi connectivity index (χ1n) is 6.04. The topological polar surface area (TPSA) is 50.4 Å². The number of methoxy groups -OCH3 is 1. The van der Waals surface area contributed by atoms with Crippen LogP contribution in [0.25, 0.3) is 0 Å². The number of hydrogen-bond acceptors (Lipinski definition) is 3. The van der Waals surface area contributed by atoms with Crippen molar-refractivity contribution in [1.82, 2.24) is 10.6 Å². The third-order valence-electron chi connectivity index (χ3n) is 3.70. The summed E-state index contributed by atoms with van der Waals surface area (Å²) in [6.07, 6.45) is 1.00. The zero-order valence-corrected chi connectivity index (χ0v) is 10.8. The minimum absolute atomic E-state index is 0.0718. The minimum atomic E-state index is -0.229. The molecule has 0 spiro atoms. The summed E-state index contributed by atoms with van der Waals surface area (Å²) < 4.78 is 5.13. The van der Waals surface area contributed by atoms with Crippen LogP contribution in [0, 0.1) is 11.3 Å². The molecule has 16 heavy (non-hydrogen) atoms. The van der Waals surface area contributed by atoms with Gasteiger partial charge in [0, 0.05) is 20.2 Å². The van der Waals surface area contributed by atoms with Gasteiger partial charge in [-0.05, 0) is 25.8 Å². The number of carbonyl (C=O) groups excluding carboxylic acids is 1. The molecule has 2 unspecified atom stereocenters. The smallest absolute Gasteiger partial charge is 0.227 e. The first-order valence-corrected chi connectivity index (χ1v) is 6.04. The van der Waals surface area contributed by atoms with E-state index in [9.17, 15) is 4.79 Å². The standard InChI is InChI=1S/C12H24N2O2/c1-9(2)12(5-6-13-8-12)11(15)14-7-10(3)16-4/h9-10,13H,5-8H2,1-4H3,(H,14,15). The molecule has 0 bridgehead atoms. The molecule has 1 amide bonds. The second-order valence-corrected chi connectivity index (χ2v) is 4.99. The Bertz CT molecular complexity index is 235. The molecule has 4 heteroatoms. The second-order valence-electron chi connectivity index (χ2n) is 4.99. The van der Waals surface area contributed by atoms with Gasteiger partial charge in [-0.2, -0.15) is 0 Å². The molecule has 0 aromatic heterocycles. The Hall–Kier alpha value is -0.610. The Morgan fingerprint density at radius 1 is 1.50 bits per heavy atom. The fraction of sp³-hybridized carbons (Fsp3) is 0.917. The van der Waals surface area contributed by atoms with Crippen LogP contribution in [-0.2, 0) is 9.53 Å². The lowest BCUT2D eigenvalue weighted by atomic mass is 9.75. The molecule has 94 valence electrons. The van der Waals surface area contributed by atoms with Crippen LogP contribution < -0.4 is 10.6 Å². The fourth-order valence-electron chi connectivity index (χ4n) is 2.16. The van der Waals surface area contributed by atoms with E-state index in [4.69, 9.17) is 4.74 Å². The van der Waals surface area contributed by atoms with Gasteiger partial charge in [0.25, 0.3) is 0 Å². The summed E-state index contributed by atoms with van der Waals surface area (Å²) in [5.41, 5.74) is -0.229. The Balaban J connectivity index is 2.55. The number of rotatable bonds is 5. The van der Waals surface area contributed by atoms with E-state index in [1.807, 2.05) is 6.92 Å². The first-order chi connectivity index (χ1) is 7.53. The van der Waals surface area contributed by atoms with Gasteiger partial charge in [-0.25, -0.2) is 0 Å². The summed E-state index contributed by atoms with van der Waals surface area (Å²) >= 11 is 0. The second kappa shape index (κ2) is 5.64. The van der Waals surface area contributed by atoms with Crippen LogP contribution >= 0.6 is 0 Å². The molecule has 1 rings (SSSR count). The van der Waals surface area contributed by atoms with Gasteiger partial charge in [0.1, 0.15) is 0 Å². The SMILES string of the molecule is COC(C)CNC(=O)C1(C(C)C)CCNC1. The lowest BCUT2D eigenvalue weighted by molar-refractivity contribution is -0.133. The van der Waals surface area contributed by atoms with Crippen molar-refractivity contribution in [3.63, 3.8) is 0 Å². The van der Waals surface area contributed by atoms with E-state index < -0.39 is 0 Å². The van der Waals surface area contributed by atoms with E-state index in [1.165, 1.54) is 0 Å². The molecule has 1 saturated heterocycles. The van der Waals surface area contributed by atoms with Crippen molar-refractivity contribution in [3.05, 3.63) is 0 Å². The van der Waals surface area contributed by atoms with E-state index >= 15 is 0 Å². The molecule has 1 aliphatic heterocycles. The largest absolute Gasteiger partial charge is 0.380 e. The quantitative estimate of drug-likeness (QED) is 0.731. The maximum absolute atomic E-state index is 12.2. The number of ether oxygens (including phenoxy) is 1. The number of nitrogens with one attached hydrogen (secondary N) is 2. The molecule has 1 fully saturated rings. The Morgan fingerprint density at radius 3 is 2.62 bits per heavy atom. The molecular weight excluding hydrogens is 204 g/mol. The maximum atomic E-state index is 12.2. The molecule has 1 aliphatic rings. The van der Waals surface area contributed by atoms with E-state index in [2.05, 4.69) is 24.5 Å². The highest BCUT2D eigenvalue weighted by molar-refractivity contribution is 5.83. The number of amides is 1. The van der Waals surface area contributed by atoms with Crippen molar-refractivity contribution in [2.24, 2.45) is 11.3 Å². The van der Waals surface area contributed by atoms with Gasteiger partial charge in [0.2, 0.25) is 5.91 Å². The Kier molecular flexibility index (Phi) is 4.74.